The number of nitrogens with zero attached hydrogens (tertiary/aromatic N) is 3. The van der Waals surface area contributed by atoms with Crippen molar-refractivity contribution in [3.63, 3.8) is 0 Å². The molecule has 0 saturated heterocycles. The van der Waals surface area contributed by atoms with Crippen LogP contribution in [0.1, 0.15) is 0 Å². The average Bonchev–Trinajstić information content (AvgIpc) is 2.80. The molecule has 0 radical (unpaired) electrons. The SMILES string of the molecule is CN(C)c1ccccc1-c1cc(Oc2ccccc2)nc(NS(=O)(=O)c2ccccc2)n1. The molecule has 1 aromatic heterocycles. The Labute approximate surface area is 187 Å². The zero-order chi connectivity index (χ0) is 22.6. The number of sulfonamides is 1. The van der Waals surface area contributed by atoms with E-state index in [0.717, 1.165) is 11.3 Å². The Morgan fingerprint density at radius 1 is 0.812 bits per heavy atom. The van der Waals surface area contributed by atoms with Gasteiger partial charge in [0.05, 0.1) is 10.6 Å². The van der Waals surface area contributed by atoms with E-state index in [1.54, 1.807) is 36.4 Å². The Bertz CT molecular complexity index is 1310. The first-order valence-corrected chi connectivity index (χ1v) is 11.4. The van der Waals surface area contributed by atoms with Gasteiger partial charge in [-0.15, -0.1) is 0 Å². The fraction of sp³-hybridized carbons (Fsp3) is 0.0833. The third-order valence-electron chi connectivity index (χ3n) is 4.61. The summed E-state index contributed by atoms with van der Waals surface area (Å²) in [6, 6.07) is 26.6. The molecule has 8 heteroatoms. The Morgan fingerprint density at radius 3 is 2.12 bits per heavy atom. The highest BCUT2D eigenvalue weighted by Crippen LogP contribution is 2.32. The highest BCUT2D eigenvalue weighted by molar-refractivity contribution is 7.92. The van der Waals surface area contributed by atoms with Gasteiger partial charge in [-0.05, 0) is 30.3 Å². The third-order valence-corrected chi connectivity index (χ3v) is 5.95. The molecule has 0 saturated carbocycles. The third kappa shape index (κ3) is 4.87. The second-order valence-electron chi connectivity index (χ2n) is 7.16. The number of anilines is 2. The van der Waals surface area contributed by atoms with Gasteiger partial charge in [-0.2, -0.15) is 4.98 Å². The van der Waals surface area contributed by atoms with E-state index < -0.39 is 10.0 Å². The molecule has 0 unspecified atom stereocenters. The minimum absolute atomic E-state index is 0.0779. The molecule has 0 fully saturated rings. The predicted octanol–water partition coefficient (Wildman–Crippen LogP) is 4.80. The van der Waals surface area contributed by atoms with E-state index in [0.29, 0.717) is 11.4 Å². The van der Waals surface area contributed by atoms with Crippen molar-refractivity contribution in [1.82, 2.24) is 9.97 Å². The molecule has 1 heterocycles. The second kappa shape index (κ2) is 9.07. The Morgan fingerprint density at radius 2 is 1.44 bits per heavy atom. The van der Waals surface area contributed by atoms with Gasteiger partial charge in [0.2, 0.25) is 11.8 Å². The summed E-state index contributed by atoms with van der Waals surface area (Å²) >= 11 is 0. The van der Waals surface area contributed by atoms with Crippen molar-refractivity contribution in [1.29, 1.82) is 0 Å². The lowest BCUT2D eigenvalue weighted by molar-refractivity contribution is 0.463. The van der Waals surface area contributed by atoms with Crippen LogP contribution in [0, 0.1) is 0 Å². The molecule has 0 bridgehead atoms. The summed E-state index contributed by atoms with van der Waals surface area (Å²) in [5.74, 6) is 0.723. The number of rotatable bonds is 7. The van der Waals surface area contributed by atoms with E-state index in [4.69, 9.17) is 4.74 Å². The summed E-state index contributed by atoms with van der Waals surface area (Å²) in [6.07, 6.45) is 0. The van der Waals surface area contributed by atoms with Crippen LogP contribution in [0.15, 0.2) is 95.9 Å². The van der Waals surface area contributed by atoms with Crippen molar-refractivity contribution >= 4 is 21.7 Å². The second-order valence-corrected chi connectivity index (χ2v) is 8.84. The van der Waals surface area contributed by atoms with Crippen molar-refractivity contribution < 1.29 is 13.2 Å². The van der Waals surface area contributed by atoms with Gasteiger partial charge in [-0.25, -0.2) is 18.1 Å². The molecule has 7 nitrogen and oxygen atoms in total. The van der Waals surface area contributed by atoms with E-state index in [2.05, 4.69) is 14.7 Å². The van der Waals surface area contributed by atoms with Crippen LogP contribution in [0.2, 0.25) is 0 Å². The maximum atomic E-state index is 12.9. The molecule has 4 rings (SSSR count). The highest BCUT2D eigenvalue weighted by atomic mass is 32.2. The Hall–Kier alpha value is -3.91. The van der Waals surface area contributed by atoms with Gasteiger partial charge in [0.1, 0.15) is 5.75 Å². The van der Waals surface area contributed by atoms with Gasteiger partial charge < -0.3 is 9.64 Å². The normalized spacial score (nSPS) is 11.1. The van der Waals surface area contributed by atoms with Crippen LogP contribution >= 0.6 is 0 Å². The van der Waals surface area contributed by atoms with Crippen molar-refractivity contribution in [3.8, 4) is 22.9 Å². The number of benzene rings is 3. The molecule has 0 amide bonds. The molecule has 0 spiro atoms. The summed E-state index contributed by atoms with van der Waals surface area (Å²) in [7, 11) is -0.00736. The molecular formula is C24H22N4O3S. The van der Waals surface area contributed by atoms with Gasteiger partial charge in [0.15, 0.2) is 0 Å². The first kappa shape index (κ1) is 21.3. The molecule has 0 aliphatic rings. The predicted molar refractivity (Wildman–Crippen MR) is 126 cm³/mol. The van der Waals surface area contributed by atoms with Crippen LogP contribution in [-0.4, -0.2) is 32.5 Å². The number of ether oxygens (including phenoxy) is 1. The first-order valence-electron chi connectivity index (χ1n) is 9.89. The number of hydrogen-bond acceptors (Lipinski definition) is 6. The smallest absolute Gasteiger partial charge is 0.264 e. The largest absolute Gasteiger partial charge is 0.439 e. The molecule has 32 heavy (non-hydrogen) atoms. The van der Waals surface area contributed by atoms with E-state index >= 15 is 0 Å². The molecule has 3 aromatic carbocycles. The lowest BCUT2D eigenvalue weighted by atomic mass is 10.1. The number of hydrogen-bond donors (Lipinski definition) is 1. The van der Waals surface area contributed by atoms with Gasteiger partial charge in [-0.3, -0.25) is 0 Å². The van der Waals surface area contributed by atoms with Crippen LogP contribution in [0.3, 0.4) is 0 Å². The first-order chi connectivity index (χ1) is 15.4. The van der Waals surface area contributed by atoms with Crippen molar-refractivity contribution in [2.24, 2.45) is 0 Å². The summed E-state index contributed by atoms with van der Waals surface area (Å²) in [5.41, 5.74) is 2.27. The molecule has 0 aliphatic heterocycles. The van der Waals surface area contributed by atoms with Crippen molar-refractivity contribution in [2.75, 3.05) is 23.7 Å². The van der Waals surface area contributed by atoms with Crippen molar-refractivity contribution in [2.45, 2.75) is 4.90 Å². The Kier molecular flexibility index (Phi) is 6.04. The molecule has 0 atom stereocenters. The van der Waals surface area contributed by atoms with Gasteiger partial charge >= 0.3 is 0 Å². The maximum Gasteiger partial charge on any atom is 0.264 e. The van der Waals surface area contributed by atoms with Crippen molar-refractivity contribution in [3.05, 3.63) is 91.0 Å². The highest BCUT2D eigenvalue weighted by Gasteiger charge is 2.18. The molecule has 4 aromatic rings. The fourth-order valence-electron chi connectivity index (χ4n) is 3.13. The topological polar surface area (TPSA) is 84.4 Å². The van der Waals surface area contributed by atoms with E-state index in [1.165, 1.54) is 12.1 Å². The van der Waals surface area contributed by atoms with E-state index in [1.807, 2.05) is 61.5 Å². The van der Waals surface area contributed by atoms with E-state index in [9.17, 15) is 8.42 Å². The Balaban J connectivity index is 1.79. The minimum Gasteiger partial charge on any atom is -0.439 e. The van der Waals surface area contributed by atoms with Gasteiger partial charge in [-0.1, -0.05) is 54.6 Å². The van der Waals surface area contributed by atoms with Gasteiger partial charge in [0.25, 0.3) is 10.0 Å². The average molecular weight is 447 g/mol. The summed E-state index contributed by atoms with van der Waals surface area (Å²) in [4.78, 5) is 10.9. The summed E-state index contributed by atoms with van der Waals surface area (Å²) in [5, 5.41) is 0. The molecule has 1 N–H and O–H groups in total. The molecule has 0 aliphatic carbocycles. The van der Waals surface area contributed by atoms with Crippen LogP contribution < -0.4 is 14.4 Å². The van der Waals surface area contributed by atoms with Crippen LogP contribution in [0.5, 0.6) is 11.6 Å². The number of para-hydroxylation sites is 2. The lowest BCUT2D eigenvalue weighted by Crippen LogP contribution is -2.16. The molecular weight excluding hydrogens is 424 g/mol. The zero-order valence-electron chi connectivity index (χ0n) is 17.6. The maximum absolute atomic E-state index is 12.9. The van der Waals surface area contributed by atoms with Crippen LogP contribution in [0.25, 0.3) is 11.3 Å². The van der Waals surface area contributed by atoms with E-state index in [-0.39, 0.29) is 16.7 Å². The zero-order valence-corrected chi connectivity index (χ0v) is 18.5. The van der Waals surface area contributed by atoms with Crippen LogP contribution in [0.4, 0.5) is 11.6 Å². The molecule has 162 valence electrons. The monoisotopic (exact) mass is 446 g/mol. The number of aromatic nitrogens is 2. The summed E-state index contributed by atoms with van der Waals surface area (Å²) in [6.45, 7) is 0. The number of nitrogens with one attached hydrogen (secondary N) is 1. The fourth-order valence-corrected chi connectivity index (χ4v) is 4.09. The lowest BCUT2D eigenvalue weighted by Gasteiger charge is -2.18. The summed E-state index contributed by atoms with van der Waals surface area (Å²) < 4.78 is 34.1. The quantitative estimate of drug-likeness (QED) is 0.439. The standard InChI is InChI=1S/C24H22N4O3S/c1-28(2)22-16-10-9-15-20(22)21-17-23(31-18-11-5-3-6-12-18)26-24(25-21)27-32(29,30)19-13-7-4-8-14-19/h3-17H,1-2H3,(H,25,26,27). The van der Waals surface area contributed by atoms with Gasteiger partial charge in [0, 0.05) is 31.4 Å². The van der Waals surface area contributed by atoms with Crippen LogP contribution in [-0.2, 0) is 10.0 Å². The minimum atomic E-state index is -3.87.